The molecule has 0 aliphatic rings. The molecule has 0 saturated carbocycles. The second-order valence-corrected chi connectivity index (χ2v) is 4.60. The normalized spacial score (nSPS) is 12.6. The first-order chi connectivity index (χ1) is 8.83. The molecule has 0 aliphatic heterocycles. The van der Waals surface area contributed by atoms with E-state index in [2.05, 4.69) is 72.5 Å². The maximum Gasteiger partial charge on any atom is 0.0320 e. The van der Waals surface area contributed by atoms with Crippen LogP contribution in [-0.2, 0) is 13.1 Å². The number of aromatic nitrogens is 1. The fraction of sp³-hybridized carbons (Fsp3) is 0.375. The third-order valence-electron chi connectivity index (χ3n) is 3.34. The number of hydrogen-bond acceptors (Lipinski definition) is 1. The molecule has 0 aliphatic carbocycles. The molecule has 0 saturated heterocycles. The molecule has 2 rings (SSSR count). The molecule has 1 aromatic carbocycles. The highest BCUT2D eigenvalue weighted by molar-refractivity contribution is 5.19. The lowest BCUT2D eigenvalue weighted by Crippen LogP contribution is -2.19. The molecule has 18 heavy (non-hydrogen) atoms. The van der Waals surface area contributed by atoms with Crippen molar-refractivity contribution in [1.82, 2.24) is 9.88 Å². The summed E-state index contributed by atoms with van der Waals surface area (Å²) >= 11 is 0. The van der Waals surface area contributed by atoms with E-state index in [4.69, 9.17) is 0 Å². The summed E-state index contributed by atoms with van der Waals surface area (Å²) in [6.45, 7) is 6.36. The molecular formula is C16H22N2. The molecule has 2 nitrogen and oxygen atoms in total. The van der Waals surface area contributed by atoms with Gasteiger partial charge in [-0.2, -0.15) is 0 Å². The average Bonchev–Trinajstić information content (AvgIpc) is 2.89. The second kappa shape index (κ2) is 6.41. The van der Waals surface area contributed by atoms with Gasteiger partial charge in [-0.3, -0.25) is 0 Å². The molecule has 1 atom stereocenters. The minimum atomic E-state index is 0.441. The lowest BCUT2D eigenvalue weighted by Gasteiger charge is -2.17. The minimum absolute atomic E-state index is 0.441. The summed E-state index contributed by atoms with van der Waals surface area (Å²) in [5.74, 6) is 0. The van der Waals surface area contributed by atoms with Gasteiger partial charge in [-0.25, -0.2) is 0 Å². The van der Waals surface area contributed by atoms with Gasteiger partial charge in [0, 0.05) is 31.5 Å². The van der Waals surface area contributed by atoms with Crippen LogP contribution < -0.4 is 5.32 Å². The van der Waals surface area contributed by atoms with Gasteiger partial charge in [-0.05, 0) is 30.5 Å². The topological polar surface area (TPSA) is 17.0 Å². The molecule has 0 fully saturated rings. The number of rotatable bonds is 6. The van der Waals surface area contributed by atoms with Crippen LogP contribution in [0.15, 0.2) is 48.8 Å². The molecular weight excluding hydrogens is 220 g/mol. The number of nitrogens with zero attached hydrogens (tertiary/aromatic N) is 1. The van der Waals surface area contributed by atoms with Crippen LogP contribution in [-0.4, -0.2) is 4.57 Å². The van der Waals surface area contributed by atoms with Gasteiger partial charge in [0.25, 0.3) is 0 Å². The maximum atomic E-state index is 3.63. The first kappa shape index (κ1) is 12.9. The van der Waals surface area contributed by atoms with E-state index < -0.39 is 0 Å². The fourth-order valence-corrected chi connectivity index (χ4v) is 2.22. The highest BCUT2D eigenvalue weighted by Crippen LogP contribution is 2.16. The predicted molar refractivity (Wildman–Crippen MR) is 76.4 cm³/mol. The quantitative estimate of drug-likeness (QED) is 0.816. The van der Waals surface area contributed by atoms with Crippen LogP contribution in [0.25, 0.3) is 0 Å². The van der Waals surface area contributed by atoms with Gasteiger partial charge in [0.15, 0.2) is 0 Å². The van der Waals surface area contributed by atoms with Crippen molar-refractivity contribution in [1.29, 1.82) is 0 Å². The average molecular weight is 242 g/mol. The maximum absolute atomic E-state index is 3.63. The SMILES string of the molecule is CCC(NCc1ccn(CC)c1)c1ccccc1. The number of hydrogen-bond donors (Lipinski definition) is 1. The summed E-state index contributed by atoms with van der Waals surface area (Å²) in [6, 6.07) is 13.3. The van der Waals surface area contributed by atoms with E-state index in [0.29, 0.717) is 6.04 Å². The Morgan fingerprint density at radius 1 is 1.11 bits per heavy atom. The summed E-state index contributed by atoms with van der Waals surface area (Å²) in [4.78, 5) is 0. The minimum Gasteiger partial charge on any atom is -0.354 e. The summed E-state index contributed by atoms with van der Waals surface area (Å²) in [5, 5.41) is 3.63. The van der Waals surface area contributed by atoms with Crippen molar-refractivity contribution in [2.45, 2.75) is 39.4 Å². The van der Waals surface area contributed by atoms with Crippen molar-refractivity contribution in [2.24, 2.45) is 0 Å². The van der Waals surface area contributed by atoms with Gasteiger partial charge >= 0.3 is 0 Å². The Bertz CT molecular complexity index is 459. The highest BCUT2D eigenvalue weighted by Gasteiger charge is 2.07. The van der Waals surface area contributed by atoms with Gasteiger partial charge in [0.1, 0.15) is 0 Å². The third-order valence-corrected chi connectivity index (χ3v) is 3.34. The zero-order chi connectivity index (χ0) is 12.8. The summed E-state index contributed by atoms with van der Waals surface area (Å²) in [7, 11) is 0. The molecule has 96 valence electrons. The molecule has 0 radical (unpaired) electrons. The molecule has 0 bridgehead atoms. The number of aryl methyl sites for hydroxylation is 1. The standard InChI is InChI=1S/C16H22N2/c1-3-16(15-8-6-5-7-9-15)17-12-14-10-11-18(4-2)13-14/h5-11,13,16-17H,3-4,12H2,1-2H3. The van der Waals surface area contributed by atoms with Crippen molar-refractivity contribution in [3.05, 3.63) is 59.9 Å². The van der Waals surface area contributed by atoms with Gasteiger partial charge in [-0.15, -0.1) is 0 Å². The second-order valence-electron chi connectivity index (χ2n) is 4.60. The monoisotopic (exact) mass is 242 g/mol. The van der Waals surface area contributed by atoms with E-state index in [0.717, 1.165) is 19.5 Å². The molecule has 1 N–H and O–H groups in total. The Kier molecular flexibility index (Phi) is 4.59. The van der Waals surface area contributed by atoms with Crippen LogP contribution in [0.4, 0.5) is 0 Å². The lowest BCUT2D eigenvalue weighted by molar-refractivity contribution is 0.518. The molecule has 1 unspecified atom stereocenters. The van der Waals surface area contributed by atoms with Crippen molar-refractivity contribution in [3.63, 3.8) is 0 Å². The molecule has 2 aromatic rings. The first-order valence-corrected chi connectivity index (χ1v) is 6.76. The van der Waals surface area contributed by atoms with Crippen LogP contribution >= 0.6 is 0 Å². The van der Waals surface area contributed by atoms with Crippen molar-refractivity contribution >= 4 is 0 Å². The smallest absolute Gasteiger partial charge is 0.0320 e. The summed E-state index contributed by atoms with van der Waals surface area (Å²) in [6.07, 6.45) is 5.46. The Morgan fingerprint density at radius 2 is 1.89 bits per heavy atom. The van der Waals surface area contributed by atoms with E-state index >= 15 is 0 Å². The first-order valence-electron chi connectivity index (χ1n) is 6.76. The van der Waals surface area contributed by atoms with E-state index in [1.807, 2.05) is 0 Å². The molecule has 1 heterocycles. The van der Waals surface area contributed by atoms with Crippen molar-refractivity contribution < 1.29 is 0 Å². The van der Waals surface area contributed by atoms with Crippen LogP contribution in [0.1, 0.15) is 37.4 Å². The Balaban J connectivity index is 1.95. The Morgan fingerprint density at radius 3 is 2.50 bits per heavy atom. The van der Waals surface area contributed by atoms with Gasteiger partial charge in [0.05, 0.1) is 0 Å². The fourth-order valence-electron chi connectivity index (χ4n) is 2.22. The van der Waals surface area contributed by atoms with Gasteiger partial charge in [0.2, 0.25) is 0 Å². The van der Waals surface area contributed by atoms with Gasteiger partial charge < -0.3 is 9.88 Å². The lowest BCUT2D eigenvalue weighted by atomic mass is 10.0. The number of nitrogens with one attached hydrogen (secondary N) is 1. The Labute approximate surface area is 110 Å². The van der Waals surface area contributed by atoms with Crippen LogP contribution in [0.5, 0.6) is 0 Å². The van der Waals surface area contributed by atoms with Gasteiger partial charge in [-0.1, -0.05) is 37.3 Å². The third kappa shape index (κ3) is 3.23. The predicted octanol–water partition coefficient (Wildman–Crippen LogP) is 3.75. The largest absolute Gasteiger partial charge is 0.354 e. The van der Waals surface area contributed by atoms with Crippen molar-refractivity contribution in [2.75, 3.05) is 0 Å². The van der Waals surface area contributed by atoms with E-state index in [9.17, 15) is 0 Å². The molecule has 1 aromatic heterocycles. The summed E-state index contributed by atoms with van der Waals surface area (Å²) in [5.41, 5.74) is 2.72. The highest BCUT2D eigenvalue weighted by atomic mass is 14.9. The molecule has 2 heteroatoms. The summed E-state index contributed by atoms with van der Waals surface area (Å²) < 4.78 is 2.21. The van der Waals surface area contributed by atoms with E-state index in [1.165, 1.54) is 11.1 Å². The van der Waals surface area contributed by atoms with Crippen LogP contribution in [0.3, 0.4) is 0 Å². The Hall–Kier alpha value is -1.54. The van der Waals surface area contributed by atoms with E-state index in [-0.39, 0.29) is 0 Å². The van der Waals surface area contributed by atoms with Crippen LogP contribution in [0, 0.1) is 0 Å². The van der Waals surface area contributed by atoms with Crippen LogP contribution in [0.2, 0.25) is 0 Å². The van der Waals surface area contributed by atoms with Crippen molar-refractivity contribution in [3.8, 4) is 0 Å². The number of benzene rings is 1. The van der Waals surface area contributed by atoms with E-state index in [1.54, 1.807) is 0 Å². The molecule has 0 spiro atoms. The zero-order valence-electron chi connectivity index (χ0n) is 11.3. The molecule has 0 amide bonds. The zero-order valence-corrected chi connectivity index (χ0v) is 11.3.